The summed E-state index contributed by atoms with van der Waals surface area (Å²) in [4.78, 5) is 16.7. The molecule has 0 saturated carbocycles. The van der Waals surface area contributed by atoms with E-state index in [0.717, 1.165) is 16.8 Å². The lowest BCUT2D eigenvalue weighted by molar-refractivity contribution is 0.102. The van der Waals surface area contributed by atoms with Gasteiger partial charge in [0.25, 0.3) is 5.91 Å². The predicted molar refractivity (Wildman–Crippen MR) is 98.8 cm³/mol. The Bertz CT molecular complexity index is 910. The molecule has 0 bridgehead atoms. The summed E-state index contributed by atoms with van der Waals surface area (Å²) in [6.45, 7) is 3.95. The van der Waals surface area contributed by atoms with Gasteiger partial charge in [-0.05, 0) is 44.0 Å². The van der Waals surface area contributed by atoms with Crippen LogP contribution < -0.4 is 10.6 Å². The molecule has 3 rings (SSSR count). The van der Waals surface area contributed by atoms with Crippen molar-refractivity contribution in [1.82, 2.24) is 4.98 Å². The lowest BCUT2D eigenvalue weighted by Crippen LogP contribution is -2.21. The summed E-state index contributed by atoms with van der Waals surface area (Å²) < 4.78 is 23.1. The third-order valence-electron chi connectivity index (χ3n) is 4.24. The molecule has 0 radical (unpaired) electrons. The molecule has 2 heterocycles. The van der Waals surface area contributed by atoms with Gasteiger partial charge in [-0.25, -0.2) is 13.4 Å². The molecule has 0 aliphatic carbocycles. The molecule has 25 heavy (non-hydrogen) atoms. The van der Waals surface area contributed by atoms with Crippen LogP contribution in [0.25, 0.3) is 0 Å². The number of nitrogens with zero attached hydrogens (tertiary/aromatic N) is 1. The summed E-state index contributed by atoms with van der Waals surface area (Å²) in [7, 11) is -2.96. The molecule has 1 aromatic carbocycles. The van der Waals surface area contributed by atoms with E-state index in [1.54, 1.807) is 18.3 Å². The summed E-state index contributed by atoms with van der Waals surface area (Å²) in [6, 6.07) is 8.96. The van der Waals surface area contributed by atoms with Crippen LogP contribution in [0.3, 0.4) is 0 Å². The highest BCUT2D eigenvalue weighted by Gasteiger charge is 2.28. The maximum atomic E-state index is 12.5. The van der Waals surface area contributed by atoms with Crippen LogP contribution >= 0.6 is 0 Å². The summed E-state index contributed by atoms with van der Waals surface area (Å²) in [5, 5.41) is 6.00. The van der Waals surface area contributed by atoms with Crippen LogP contribution in [0.5, 0.6) is 0 Å². The molecule has 132 valence electrons. The quantitative estimate of drug-likeness (QED) is 0.876. The van der Waals surface area contributed by atoms with E-state index in [1.165, 1.54) is 0 Å². The van der Waals surface area contributed by atoms with Crippen molar-refractivity contribution < 1.29 is 13.2 Å². The highest BCUT2D eigenvalue weighted by atomic mass is 32.2. The Morgan fingerprint density at radius 2 is 2.00 bits per heavy atom. The summed E-state index contributed by atoms with van der Waals surface area (Å²) in [6.07, 6.45) is 2.10. The zero-order valence-electron chi connectivity index (χ0n) is 14.2. The Morgan fingerprint density at radius 1 is 1.20 bits per heavy atom. The summed E-state index contributed by atoms with van der Waals surface area (Å²) in [5.74, 6) is 0.581. The first-order chi connectivity index (χ1) is 11.8. The number of amides is 1. The third-order valence-corrected chi connectivity index (χ3v) is 6.00. The molecular formula is C18H21N3O3S. The van der Waals surface area contributed by atoms with Gasteiger partial charge in [0.1, 0.15) is 5.82 Å². The maximum Gasteiger partial charge on any atom is 0.255 e. The van der Waals surface area contributed by atoms with Crippen molar-refractivity contribution in [2.45, 2.75) is 26.3 Å². The lowest BCUT2D eigenvalue weighted by Gasteiger charge is -2.13. The van der Waals surface area contributed by atoms with Gasteiger partial charge in [0.05, 0.1) is 11.5 Å². The van der Waals surface area contributed by atoms with Gasteiger partial charge in [0.2, 0.25) is 0 Å². The molecule has 1 fully saturated rings. The number of carbonyl (C=O) groups is 1. The average molecular weight is 359 g/mol. The molecule has 1 aromatic heterocycles. The number of hydrogen-bond donors (Lipinski definition) is 2. The predicted octanol–water partition coefficient (Wildman–Crippen LogP) is 2.55. The van der Waals surface area contributed by atoms with Crippen LogP contribution in [0.15, 0.2) is 36.5 Å². The first-order valence-electron chi connectivity index (χ1n) is 8.14. The van der Waals surface area contributed by atoms with Crippen LogP contribution in [0.2, 0.25) is 0 Å². The average Bonchev–Trinajstić information content (AvgIpc) is 2.89. The molecule has 1 aliphatic heterocycles. The van der Waals surface area contributed by atoms with Crippen molar-refractivity contribution in [3.8, 4) is 0 Å². The fourth-order valence-corrected chi connectivity index (χ4v) is 4.59. The molecule has 1 unspecified atom stereocenters. The van der Waals surface area contributed by atoms with Crippen LogP contribution in [-0.4, -0.2) is 36.9 Å². The molecule has 1 amide bonds. The van der Waals surface area contributed by atoms with E-state index in [1.807, 2.05) is 32.0 Å². The molecule has 1 aliphatic rings. The number of anilines is 2. The zero-order valence-corrected chi connectivity index (χ0v) is 15.1. The van der Waals surface area contributed by atoms with Crippen LogP contribution in [0.4, 0.5) is 11.5 Å². The van der Waals surface area contributed by atoms with Gasteiger partial charge in [-0.2, -0.15) is 0 Å². The molecule has 0 spiro atoms. The minimum Gasteiger partial charge on any atom is -0.366 e. The second-order valence-electron chi connectivity index (χ2n) is 6.45. The second-order valence-corrected chi connectivity index (χ2v) is 8.68. The van der Waals surface area contributed by atoms with Gasteiger partial charge in [-0.15, -0.1) is 0 Å². The van der Waals surface area contributed by atoms with Crippen molar-refractivity contribution >= 4 is 27.2 Å². The van der Waals surface area contributed by atoms with Crippen LogP contribution in [0, 0.1) is 13.8 Å². The molecule has 7 heteroatoms. The van der Waals surface area contributed by atoms with Crippen molar-refractivity contribution in [3.63, 3.8) is 0 Å². The Labute approximate surface area is 147 Å². The maximum absolute atomic E-state index is 12.5. The largest absolute Gasteiger partial charge is 0.366 e. The van der Waals surface area contributed by atoms with E-state index >= 15 is 0 Å². The second kappa shape index (κ2) is 6.84. The standard InChI is InChI=1S/C18H21N3O3S/c1-12-3-4-16(13(2)9-12)21-18(22)14-5-7-19-17(10-14)20-15-6-8-25(23,24)11-15/h3-5,7,9-10,15H,6,8,11H2,1-2H3,(H,19,20)(H,21,22). The number of rotatable bonds is 4. The monoisotopic (exact) mass is 359 g/mol. The minimum atomic E-state index is -2.96. The molecule has 2 aromatic rings. The van der Waals surface area contributed by atoms with Gasteiger partial charge in [0.15, 0.2) is 9.84 Å². The molecule has 2 N–H and O–H groups in total. The fraction of sp³-hybridized carbons (Fsp3) is 0.333. The zero-order chi connectivity index (χ0) is 18.0. The van der Waals surface area contributed by atoms with E-state index in [9.17, 15) is 13.2 Å². The van der Waals surface area contributed by atoms with Crippen molar-refractivity contribution in [2.75, 3.05) is 22.1 Å². The van der Waals surface area contributed by atoms with Crippen molar-refractivity contribution in [2.24, 2.45) is 0 Å². The smallest absolute Gasteiger partial charge is 0.255 e. The van der Waals surface area contributed by atoms with E-state index in [4.69, 9.17) is 0 Å². The molecule has 6 nitrogen and oxygen atoms in total. The number of benzene rings is 1. The first kappa shape index (κ1) is 17.4. The Kier molecular flexibility index (Phi) is 4.76. The highest BCUT2D eigenvalue weighted by molar-refractivity contribution is 7.91. The number of carbonyl (C=O) groups excluding carboxylic acids is 1. The van der Waals surface area contributed by atoms with Gasteiger partial charge < -0.3 is 10.6 Å². The number of hydrogen-bond acceptors (Lipinski definition) is 5. The van der Waals surface area contributed by atoms with E-state index in [-0.39, 0.29) is 23.5 Å². The van der Waals surface area contributed by atoms with Gasteiger partial charge >= 0.3 is 0 Å². The third kappa shape index (κ3) is 4.36. The summed E-state index contributed by atoms with van der Waals surface area (Å²) in [5.41, 5.74) is 3.37. The number of nitrogens with one attached hydrogen (secondary N) is 2. The van der Waals surface area contributed by atoms with E-state index in [0.29, 0.717) is 17.8 Å². The van der Waals surface area contributed by atoms with Gasteiger partial charge in [-0.3, -0.25) is 4.79 Å². The highest BCUT2D eigenvalue weighted by Crippen LogP contribution is 2.19. The molecule has 1 saturated heterocycles. The Hall–Kier alpha value is -2.41. The van der Waals surface area contributed by atoms with Crippen LogP contribution in [-0.2, 0) is 9.84 Å². The SMILES string of the molecule is Cc1ccc(NC(=O)c2ccnc(NC3CCS(=O)(=O)C3)c2)c(C)c1. The summed E-state index contributed by atoms with van der Waals surface area (Å²) >= 11 is 0. The number of pyridine rings is 1. The number of sulfone groups is 1. The Balaban J connectivity index is 1.71. The van der Waals surface area contributed by atoms with Crippen molar-refractivity contribution in [1.29, 1.82) is 0 Å². The number of aryl methyl sites for hydroxylation is 2. The van der Waals surface area contributed by atoms with E-state index < -0.39 is 9.84 Å². The molecular weight excluding hydrogens is 338 g/mol. The van der Waals surface area contributed by atoms with E-state index in [2.05, 4.69) is 15.6 Å². The van der Waals surface area contributed by atoms with Crippen LogP contribution in [0.1, 0.15) is 27.9 Å². The first-order valence-corrected chi connectivity index (χ1v) is 9.96. The topological polar surface area (TPSA) is 88.2 Å². The van der Waals surface area contributed by atoms with Gasteiger partial charge in [0, 0.05) is 23.5 Å². The molecule has 1 atom stereocenters. The van der Waals surface area contributed by atoms with Gasteiger partial charge in [-0.1, -0.05) is 17.7 Å². The fourth-order valence-electron chi connectivity index (χ4n) is 2.92. The van der Waals surface area contributed by atoms with Crippen molar-refractivity contribution in [3.05, 3.63) is 53.2 Å². The Morgan fingerprint density at radius 3 is 2.68 bits per heavy atom. The number of aromatic nitrogens is 1. The minimum absolute atomic E-state index is 0.105. The lowest BCUT2D eigenvalue weighted by atomic mass is 10.1. The normalized spacial score (nSPS) is 18.7.